The third-order valence-corrected chi connectivity index (χ3v) is 4.80. The molecule has 3 rings (SSSR count). The molecule has 0 unspecified atom stereocenters. The van der Waals surface area contributed by atoms with E-state index in [9.17, 15) is 13.2 Å². The molecule has 8 nitrogen and oxygen atoms in total. The molecular formula is C15H16N4O4S. The molecule has 0 fully saturated rings. The Kier molecular flexibility index (Phi) is 4.34. The Labute approximate surface area is 138 Å². The summed E-state index contributed by atoms with van der Waals surface area (Å²) in [4.78, 5) is 18.7. The van der Waals surface area contributed by atoms with Crippen LogP contribution in [0.15, 0.2) is 35.3 Å². The molecule has 1 aromatic carbocycles. The fourth-order valence-corrected chi connectivity index (χ4v) is 3.49. The fourth-order valence-electron chi connectivity index (χ4n) is 2.51. The van der Waals surface area contributed by atoms with Crippen molar-refractivity contribution < 1.29 is 17.7 Å². The summed E-state index contributed by atoms with van der Waals surface area (Å²) >= 11 is 0. The van der Waals surface area contributed by atoms with E-state index in [1.807, 2.05) is 36.0 Å². The molecule has 0 aliphatic rings. The van der Waals surface area contributed by atoms with Crippen LogP contribution in [0.1, 0.15) is 23.4 Å². The Morgan fingerprint density at radius 2 is 2.21 bits per heavy atom. The van der Waals surface area contributed by atoms with Crippen molar-refractivity contribution >= 4 is 26.8 Å². The zero-order valence-electron chi connectivity index (χ0n) is 12.9. The second-order valence-corrected chi connectivity index (χ2v) is 7.17. The lowest BCUT2D eigenvalue weighted by molar-refractivity contribution is -0.119. The number of nitrogens with one attached hydrogen (secondary N) is 2. The molecule has 0 bridgehead atoms. The quantitative estimate of drug-likeness (QED) is 0.696. The van der Waals surface area contributed by atoms with Gasteiger partial charge in [-0.2, -0.15) is 4.98 Å². The zero-order valence-corrected chi connectivity index (χ0v) is 13.8. The summed E-state index contributed by atoms with van der Waals surface area (Å²) in [6.45, 7) is 2.00. The van der Waals surface area contributed by atoms with Gasteiger partial charge in [0.2, 0.25) is 22.3 Å². The maximum absolute atomic E-state index is 11.9. The number of carbonyl (C=O) groups excluding carboxylic acids is 1. The van der Waals surface area contributed by atoms with Gasteiger partial charge >= 0.3 is 0 Å². The number of amides is 1. The van der Waals surface area contributed by atoms with Gasteiger partial charge in [0.15, 0.2) is 5.82 Å². The van der Waals surface area contributed by atoms with Gasteiger partial charge in [-0.1, -0.05) is 23.4 Å². The van der Waals surface area contributed by atoms with E-state index in [-0.39, 0.29) is 12.2 Å². The predicted molar refractivity (Wildman–Crippen MR) is 86.4 cm³/mol. The highest BCUT2D eigenvalue weighted by atomic mass is 32.2. The molecule has 0 aliphatic heterocycles. The van der Waals surface area contributed by atoms with E-state index in [2.05, 4.69) is 19.6 Å². The van der Waals surface area contributed by atoms with Crippen LogP contribution in [0.3, 0.4) is 0 Å². The highest BCUT2D eigenvalue weighted by molar-refractivity contribution is 7.89. The van der Waals surface area contributed by atoms with E-state index >= 15 is 0 Å². The summed E-state index contributed by atoms with van der Waals surface area (Å²) in [7, 11) is -3.84. The van der Waals surface area contributed by atoms with E-state index < -0.39 is 21.7 Å². The number of hydrogen-bond donors (Lipinski definition) is 2. The van der Waals surface area contributed by atoms with E-state index in [0.29, 0.717) is 6.42 Å². The second-order valence-electron chi connectivity index (χ2n) is 5.44. The summed E-state index contributed by atoms with van der Waals surface area (Å²) in [6.07, 6.45) is 3.38. The number of rotatable bonds is 6. The predicted octanol–water partition coefficient (Wildman–Crippen LogP) is 1.44. The first kappa shape index (κ1) is 16.2. The van der Waals surface area contributed by atoms with Crippen molar-refractivity contribution in [3.63, 3.8) is 0 Å². The van der Waals surface area contributed by atoms with Crippen LogP contribution >= 0.6 is 0 Å². The van der Waals surface area contributed by atoms with Crippen LogP contribution < -0.4 is 4.72 Å². The molecule has 0 aliphatic carbocycles. The van der Waals surface area contributed by atoms with Gasteiger partial charge in [-0.25, -0.2) is 8.42 Å². The average molecular weight is 348 g/mol. The van der Waals surface area contributed by atoms with Crippen LogP contribution in [0.5, 0.6) is 0 Å². The number of fused-ring (bicyclic) bond motifs is 1. The highest BCUT2D eigenvalue weighted by Gasteiger charge is 2.18. The zero-order chi connectivity index (χ0) is 17.2. The maximum Gasteiger partial charge on any atom is 0.242 e. The highest BCUT2D eigenvalue weighted by Crippen LogP contribution is 2.22. The summed E-state index contributed by atoms with van der Waals surface area (Å²) in [5, 5.41) is 4.46. The van der Waals surface area contributed by atoms with Crippen LogP contribution in [-0.2, 0) is 27.0 Å². The Morgan fingerprint density at radius 1 is 1.38 bits per heavy atom. The van der Waals surface area contributed by atoms with Crippen molar-refractivity contribution in [2.24, 2.45) is 0 Å². The minimum Gasteiger partial charge on any atom is -0.361 e. The molecule has 1 amide bonds. The first-order chi connectivity index (χ1) is 11.4. The molecule has 2 N–H and O–H groups in total. The number of para-hydroxylation sites is 1. The number of sulfonamides is 1. The van der Waals surface area contributed by atoms with Crippen LogP contribution in [0, 0.1) is 6.92 Å². The van der Waals surface area contributed by atoms with Gasteiger partial charge in [-0.15, -0.1) is 0 Å². The lowest BCUT2D eigenvalue weighted by Gasteiger charge is -2.05. The first-order valence-electron chi connectivity index (χ1n) is 7.29. The van der Waals surface area contributed by atoms with Crippen molar-refractivity contribution in [1.82, 2.24) is 19.8 Å². The standard InChI is InChI=1S/C15H16N4O4S/c1-10-3-2-4-12-11(7-16-15(10)12)5-6-14(20)19-24(21,22)8-13-17-9-23-18-13/h2-4,7,9,16H,5-6,8H2,1H3,(H,19,20). The number of H-pyrrole nitrogens is 1. The van der Waals surface area contributed by atoms with Crippen molar-refractivity contribution in [3.8, 4) is 0 Å². The van der Waals surface area contributed by atoms with E-state index in [0.717, 1.165) is 28.4 Å². The van der Waals surface area contributed by atoms with Gasteiger partial charge < -0.3 is 9.51 Å². The summed E-state index contributed by atoms with van der Waals surface area (Å²) < 4.78 is 30.2. The van der Waals surface area contributed by atoms with Gasteiger partial charge in [0.1, 0.15) is 5.75 Å². The molecule has 9 heteroatoms. The minimum atomic E-state index is -3.84. The van der Waals surface area contributed by atoms with Gasteiger partial charge in [0.05, 0.1) is 0 Å². The molecular weight excluding hydrogens is 332 g/mol. The molecule has 2 heterocycles. The largest absolute Gasteiger partial charge is 0.361 e. The molecule has 2 aromatic heterocycles. The number of aromatic nitrogens is 3. The molecule has 0 spiro atoms. The van der Waals surface area contributed by atoms with Gasteiger partial charge in [0.25, 0.3) is 0 Å². The third-order valence-electron chi connectivity index (χ3n) is 3.63. The lowest BCUT2D eigenvalue weighted by Crippen LogP contribution is -2.32. The number of aromatic amines is 1. The summed E-state index contributed by atoms with van der Waals surface area (Å²) in [6, 6.07) is 5.92. The average Bonchev–Trinajstić information content (AvgIpc) is 3.14. The summed E-state index contributed by atoms with van der Waals surface area (Å²) in [5.41, 5.74) is 3.11. The minimum absolute atomic E-state index is 0.00223. The number of hydrogen-bond acceptors (Lipinski definition) is 6. The molecule has 0 saturated carbocycles. The molecule has 24 heavy (non-hydrogen) atoms. The lowest BCUT2D eigenvalue weighted by atomic mass is 10.1. The molecule has 0 radical (unpaired) electrons. The molecule has 126 valence electrons. The monoisotopic (exact) mass is 348 g/mol. The number of nitrogens with zero attached hydrogens (tertiary/aromatic N) is 2. The first-order valence-corrected chi connectivity index (χ1v) is 8.94. The van der Waals surface area contributed by atoms with Crippen LogP contribution in [-0.4, -0.2) is 29.4 Å². The molecule has 0 atom stereocenters. The Morgan fingerprint density at radius 3 is 2.96 bits per heavy atom. The Hall–Kier alpha value is -2.68. The number of benzene rings is 1. The van der Waals surface area contributed by atoms with E-state index in [1.54, 1.807) is 0 Å². The number of aryl methyl sites for hydroxylation is 2. The summed E-state index contributed by atoms with van der Waals surface area (Å²) in [5.74, 6) is -1.07. The second kappa shape index (κ2) is 6.44. The normalized spacial score (nSPS) is 11.7. The van der Waals surface area contributed by atoms with Crippen LogP contribution in [0.2, 0.25) is 0 Å². The molecule has 0 saturated heterocycles. The number of carbonyl (C=O) groups is 1. The van der Waals surface area contributed by atoms with Crippen molar-refractivity contribution in [3.05, 3.63) is 47.7 Å². The van der Waals surface area contributed by atoms with Gasteiger partial charge in [-0.05, 0) is 24.5 Å². The SMILES string of the molecule is Cc1cccc2c(CCC(=O)NS(=O)(=O)Cc3ncon3)c[nH]c12. The Balaban J connectivity index is 1.62. The van der Waals surface area contributed by atoms with Crippen LogP contribution in [0.25, 0.3) is 10.9 Å². The molecule has 3 aromatic rings. The van der Waals surface area contributed by atoms with Crippen LogP contribution in [0.4, 0.5) is 0 Å². The van der Waals surface area contributed by atoms with Gasteiger partial charge in [0, 0.05) is 23.5 Å². The Bertz CT molecular complexity index is 961. The smallest absolute Gasteiger partial charge is 0.242 e. The maximum atomic E-state index is 11.9. The van der Waals surface area contributed by atoms with Crippen molar-refractivity contribution in [2.75, 3.05) is 0 Å². The van der Waals surface area contributed by atoms with Crippen molar-refractivity contribution in [2.45, 2.75) is 25.5 Å². The van der Waals surface area contributed by atoms with Gasteiger partial charge in [-0.3, -0.25) is 9.52 Å². The third kappa shape index (κ3) is 3.62. The topological polar surface area (TPSA) is 118 Å². The van der Waals surface area contributed by atoms with Crippen molar-refractivity contribution in [1.29, 1.82) is 0 Å². The van der Waals surface area contributed by atoms with E-state index in [1.165, 1.54) is 0 Å². The van der Waals surface area contributed by atoms with E-state index in [4.69, 9.17) is 0 Å². The fraction of sp³-hybridized carbons (Fsp3) is 0.267.